The number of hydrogen-bond acceptors (Lipinski definition) is 3. The van der Waals surface area contributed by atoms with Crippen LogP contribution >= 0.6 is 0 Å². The molecule has 0 fully saturated rings. The van der Waals surface area contributed by atoms with E-state index in [1.807, 2.05) is 44.4 Å². The lowest BCUT2D eigenvalue weighted by Gasteiger charge is -2.13. The van der Waals surface area contributed by atoms with Crippen LogP contribution in [-0.4, -0.2) is 25.3 Å². The molecule has 6 heteroatoms. The number of nitrogens with zero attached hydrogens (tertiary/aromatic N) is 4. The Morgan fingerprint density at radius 1 is 1.38 bits per heavy atom. The van der Waals surface area contributed by atoms with Gasteiger partial charge in [-0.25, -0.2) is 4.52 Å². The number of aryl methyl sites for hydroxylation is 1. The molecule has 0 aliphatic rings. The van der Waals surface area contributed by atoms with Gasteiger partial charge in [-0.1, -0.05) is 6.07 Å². The third kappa shape index (κ3) is 2.65. The fourth-order valence-electron chi connectivity index (χ4n) is 2.26. The maximum Gasteiger partial charge on any atom is 0.244 e. The molecule has 0 saturated carbocycles. The summed E-state index contributed by atoms with van der Waals surface area (Å²) in [5, 5.41) is 11.3. The maximum atomic E-state index is 12.2. The van der Waals surface area contributed by atoms with Crippen molar-refractivity contribution in [3.63, 3.8) is 0 Å². The zero-order chi connectivity index (χ0) is 14.8. The highest BCUT2D eigenvalue weighted by molar-refractivity contribution is 5.80. The fraction of sp³-hybridized carbons (Fsp3) is 0.267. The molecule has 108 valence electrons. The van der Waals surface area contributed by atoms with Gasteiger partial charge in [-0.2, -0.15) is 10.2 Å². The minimum atomic E-state index is -0.330. The summed E-state index contributed by atoms with van der Waals surface area (Å²) in [5.74, 6) is -0.0559. The summed E-state index contributed by atoms with van der Waals surface area (Å²) in [6.45, 7) is 4.26. The monoisotopic (exact) mass is 283 g/mol. The molecule has 3 aromatic heterocycles. The van der Waals surface area contributed by atoms with Gasteiger partial charge in [-0.05, 0) is 37.1 Å². The Morgan fingerprint density at radius 3 is 3.00 bits per heavy atom. The van der Waals surface area contributed by atoms with Crippen molar-refractivity contribution < 1.29 is 4.79 Å². The molecule has 21 heavy (non-hydrogen) atoms. The van der Waals surface area contributed by atoms with Gasteiger partial charge in [0.05, 0.1) is 11.7 Å². The number of carbonyl (C=O) groups is 1. The zero-order valence-corrected chi connectivity index (χ0v) is 12.0. The first kappa shape index (κ1) is 13.4. The fourth-order valence-corrected chi connectivity index (χ4v) is 2.26. The maximum absolute atomic E-state index is 12.2. The van der Waals surface area contributed by atoms with Crippen LogP contribution in [0.3, 0.4) is 0 Å². The normalized spacial score (nSPS) is 12.5. The van der Waals surface area contributed by atoms with E-state index in [1.165, 1.54) is 0 Å². The van der Waals surface area contributed by atoms with Crippen LogP contribution in [0.15, 0.2) is 43.0 Å². The minimum absolute atomic E-state index is 0.0559. The van der Waals surface area contributed by atoms with E-state index in [1.54, 1.807) is 21.6 Å². The van der Waals surface area contributed by atoms with Crippen LogP contribution in [0.1, 0.15) is 24.1 Å². The van der Waals surface area contributed by atoms with Gasteiger partial charge in [0, 0.05) is 25.1 Å². The van der Waals surface area contributed by atoms with Crippen molar-refractivity contribution in [2.45, 2.75) is 26.4 Å². The lowest BCUT2D eigenvalue weighted by molar-refractivity contribution is -0.124. The summed E-state index contributed by atoms with van der Waals surface area (Å²) >= 11 is 0. The van der Waals surface area contributed by atoms with Crippen LogP contribution in [0.5, 0.6) is 0 Å². The summed E-state index contributed by atoms with van der Waals surface area (Å²) < 4.78 is 3.46. The molecule has 3 rings (SSSR count). The standard InChI is InChI=1S/C15H17N5O/c1-11-8-18-20(10-11)12(2)15(21)16-9-13-4-3-7-19-14(13)5-6-17-19/h3-8,10,12H,9H2,1-2H3,(H,16,21). The molecule has 0 radical (unpaired) electrons. The molecule has 6 nitrogen and oxygen atoms in total. The molecular formula is C15H17N5O. The number of aromatic nitrogens is 4. The Hall–Kier alpha value is -2.63. The third-order valence-electron chi connectivity index (χ3n) is 3.48. The minimum Gasteiger partial charge on any atom is -0.350 e. The topological polar surface area (TPSA) is 64.2 Å². The Morgan fingerprint density at radius 2 is 2.24 bits per heavy atom. The van der Waals surface area contributed by atoms with E-state index in [2.05, 4.69) is 15.5 Å². The van der Waals surface area contributed by atoms with Crippen LogP contribution < -0.4 is 5.32 Å². The van der Waals surface area contributed by atoms with Gasteiger partial charge < -0.3 is 5.32 Å². The predicted octanol–water partition coefficient (Wildman–Crippen LogP) is 1.72. The lowest BCUT2D eigenvalue weighted by Crippen LogP contribution is -2.31. The van der Waals surface area contributed by atoms with Gasteiger partial charge >= 0.3 is 0 Å². The number of nitrogens with one attached hydrogen (secondary N) is 1. The zero-order valence-electron chi connectivity index (χ0n) is 12.0. The smallest absolute Gasteiger partial charge is 0.244 e. The van der Waals surface area contributed by atoms with E-state index >= 15 is 0 Å². The van der Waals surface area contributed by atoms with Crippen LogP contribution in [0.25, 0.3) is 5.52 Å². The molecule has 1 unspecified atom stereocenters. The van der Waals surface area contributed by atoms with Crippen molar-refractivity contribution in [3.8, 4) is 0 Å². The van der Waals surface area contributed by atoms with Gasteiger partial charge in [0.2, 0.25) is 5.91 Å². The van der Waals surface area contributed by atoms with E-state index in [0.717, 1.165) is 16.6 Å². The van der Waals surface area contributed by atoms with E-state index < -0.39 is 0 Å². The Bertz CT molecular complexity index is 773. The first-order valence-corrected chi connectivity index (χ1v) is 6.85. The number of amides is 1. The Kier molecular flexibility index (Phi) is 3.43. The molecule has 1 atom stereocenters. The largest absolute Gasteiger partial charge is 0.350 e. The quantitative estimate of drug-likeness (QED) is 0.793. The van der Waals surface area contributed by atoms with Crippen molar-refractivity contribution in [2.24, 2.45) is 0 Å². The average molecular weight is 283 g/mol. The summed E-state index contributed by atoms with van der Waals surface area (Å²) in [4.78, 5) is 12.2. The number of hydrogen-bond donors (Lipinski definition) is 1. The number of pyridine rings is 1. The van der Waals surface area contributed by atoms with Crippen LogP contribution in [0.4, 0.5) is 0 Å². The molecule has 0 aliphatic heterocycles. The van der Waals surface area contributed by atoms with Crippen LogP contribution in [0.2, 0.25) is 0 Å². The Balaban J connectivity index is 1.70. The number of carbonyl (C=O) groups excluding carboxylic acids is 1. The second-order valence-electron chi connectivity index (χ2n) is 5.09. The first-order valence-electron chi connectivity index (χ1n) is 6.85. The highest BCUT2D eigenvalue weighted by atomic mass is 16.2. The molecule has 0 aromatic carbocycles. The number of rotatable bonds is 4. The highest BCUT2D eigenvalue weighted by Gasteiger charge is 2.15. The molecule has 0 bridgehead atoms. The molecule has 0 saturated heterocycles. The average Bonchev–Trinajstić information content (AvgIpc) is 3.12. The van der Waals surface area contributed by atoms with Crippen molar-refractivity contribution in [1.29, 1.82) is 0 Å². The predicted molar refractivity (Wildman–Crippen MR) is 78.7 cm³/mol. The van der Waals surface area contributed by atoms with E-state index in [4.69, 9.17) is 0 Å². The third-order valence-corrected chi connectivity index (χ3v) is 3.48. The Labute approximate surface area is 122 Å². The van der Waals surface area contributed by atoms with E-state index in [9.17, 15) is 4.79 Å². The van der Waals surface area contributed by atoms with E-state index in [0.29, 0.717) is 6.54 Å². The highest BCUT2D eigenvalue weighted by Crippen LogP contribution is 2.11. The van der Waals surface area contributed by atoms with Crippen molar-refractivity contribution in [2.75, 3.05) is 0 Å². The van der Waals surface area contributed by atoms with Crippen molar-refractivity contribution in [3.05, 3.63) is 54.1 Å². The molecular weight excluding hydrogens is 266 g/mol. The van der Waals surface area contributed by atoms with E-state index in [-0.39, 0.29) is 11.9 Å². The van der Waals surface area contributed by atoms with Gasteiger partial charge in [-0.15, -0.1) is 0 Å². The van der Waals surface area contributed by atoms with Crippen molar-refractivity contribution >= 4 is 11.4 Å². The molecule has 3 aromatic rings. The second kappa shape index (κ2) is 5.40. The van der Waals surface area contributed by atoms with Crippen molar-refractivity contribution in [1.82, 2.24) is 24.7 Å². The molecule has 3 heterocycles. The molecule has 0 aliphatic carbocycles. The summed E-state index contributed by atoms with van der Waals surface area (Å²) in [5.41, 5.74) is 3.08. The first-order chi connectivity index (χ1) is 10.1. The molecule has 0 spiro atoms. The SMILES string of the molecule is Cc1cnn(C(C)C(=O)NCc2cccn3nccc23)c1. The van der Waals surface area contributed by atoms with Gasteiger partial charge in [0.15, 0.2) is 0 Å². The summed E-state index contributed by atoms with van der Waals surface area (Å²) in [6, 6.07) is 5.51. The summed E-state index contributed by atoms with van der Waals surface area (Å²) in [6.07, 6.45) is 7.24. The number of fused-ring (bicyclic) bond motifs is 1. The van der Waals surface area contributed by atoms with Crippen LogP contribution in [-0.2, 0) is 11.3 Å². The molecule has 1 amide bonds. The summed E-state index contributed by atoms with van der Waals surface area (Å²) in [7, 11) is 0. The molecule has 1 N–H and O–H groups in total. The second-order valence-corrected chi connectivity index (χ2v) is 5.09. The van der Waals surface area contributed by atoms with Gasteiger partial charge in [-0.3, -0.25) is 9.48 Å². The van der Waals surface area contributed by atoms with Gasteiger partial charge in [0.1, 0.15) is 6.04 Å². The van der Waals surface area contributed by atoms with Crippen LogP contribution in [0, 0.1) is 6.92 Å². The van der Waals surface area contributed by atoms with Gasteiger partial charge in [0.25, 0.3) is 0 Å². The lowest BCUT2D eigenvalue weighted by atomic mass is 10.2.